The molecule has 0 saturated heterocycles. The molecule has 0 radical (unpaired) electrons. The van der Waals surface area contributed by atoms with Gasteiger partial charge in [0.1, 0.15) is 0 Å². The van der Waals surface area contributed by atoms with Gasteiger partial charge < -0.3 is 5.32 Å². The second-order valence-electron chi connectivity index (χ2n) is 10.1. The number of nitrogens with one attached hydrogen (secondary N) is 2. The zero-order valence-electron chi connectivity index (χ0n) is 21.8. The summed E-state index contributed by atoms with van der Waals surface area (Å²) in [6.45, 7) is 0. The fourth-order valence-corrected chi connectivity index (χ4v) is 6.89. The number of benzene rings is 2. The summed E-state index contributed by atoms with van der Waals surface area (Å²) in [6.07, 6.45) is 9.52. The van der Waals surface area contributed by atoms with Gasteiger partial charge >= 0.3 is 6.03 Å². The van der Waals surface area contributed by atoms with Crippen molar-refractivity contribution in [2.75, 3.05) is 5.01 Å². The zero-order chi connectivity index (χ0) is 27.5. The minimum absolute atomic E-state index is 0.0140. The molecule has 2 amide bonds. The fraction of sp³-hybridized carbons (Fsp3) is 0.276. The van der Waals surface area contributed by atoms with Crippen molar-refractivity contribution in [3.8, 4) is 5.69 Å². The van der Waals surface area contributed by atoms with Crippen LogP contribution in [0, 0.1) is 0 Å². The van der Waals surface area contributed by atoms with Crippen molar-refractivity contribution in [2.45, 2.75) is 55.5 Å². The molecular weight excluding hydrogens is 544 g/mol. The van der Waals surface area contributed by atoms with Gasteiger partial charge in [-0.2, -0.15) is 10.2 Å². The smallest absolute Gasteiger partial charge is 0.328 e. The van der Waals surface area contributed by atoms with Gasteiger partial charge in [-0.25, -0.2) is 22.6 Å². The second-order valence-corrected chi connectivity index (χ2v) is 12.7. The van der Waals surface area contributed by atoms with Crippen LogP contribution in [0.25, 0.3) is 5.69 Å². The molecule has 0 spiro atoms. The number of thiophene rings is 1. The third kappa shape index (κ3) is 5.66. The van der Waals surface area contributed by atoms with Gasteiger partial charge in [0.05, 0.1) is 39.1 Å². The lowest BCUT2D eigenvalue weighted by atomic mass is 9.96. The van der Waals surface area contributed by atoms with Crippen molar-refractivity contribution >= 4 is 38.8 Å². The summed E-state index contributed by atoms with van der Waals surface area (Å²) in [5.41, 5.74) is 3.67. The van der Waals surface area contributed by atoms with E-state index >= 15 is 0 Å². The maximum atomic E-state index is 12.9. The quantitative estimate of drug-likeness (QED) is 0.298. The molecule has 1 aliphatic heterocycles. The van der Waals surface area contributed by atoms with Gasteiger partial charge in [0.2, 0.25) is 0 Å². The number of carbonyl (C=O) groups is 1. The van der Waals surface area contributed by atoms with Crippen molar-refractivity contribution in [2.24, 2.45) is 5.10 Å². The Morgan fingerprint density at radius 1 is 0.925 bits per heavy atom. The summed E-state index contributed by atoms with van der Waals surface area (Å²) in [6, 6.07) is 19.7. The van der Waals surface area contributed by atoms with Crippen LogP contribution < -0.4 is 15.0 Å². The van der Waals surface area contributed by atoms with E-state index in [9.17, 15) is 13.2 Å². The van der Waals surface area contributed by atoms with Crippen molar-refractivity contribution in [3.05, 3.63) is 94.9 Å². The number of rotatable bonds is 7. The van der Waals surface area contributed by atoms with Gasteiger partial charge in [0.15, 0.2) is 0 Å². The van der Waals surface area contributed by atoms with E-state index in [1.54, 1.807) is 23.5 Å². The highest BCUT2D eigenvalue weighted by atomic mass is 32.2. The first-order valence-corrected chi connectivity index (χ1v) is 15.8. The number of para-hydroxylation sites is 1. The first-order valence-electron chi connectivity index (χ1n) is 13.4. The second kappa shape index (κ2) is 11.3. The lowest BCUT2D eigenvalue weighted by molar-refractivity contribution is 0.237. The summed E-state index contributed by atoms with van der Waals surface area (Å²) >= 11 is 1.64. The highest BCUT2D eigenvalue weighted by Crippen LogP contribution is 2.37. The molecule has 4 aromatic rings. The summed E-state index contributed by atoms with van der Waals surface area (Å²) in [5, 5.41) is 16.3. The first kappa shape index (κ1) is 26.3. The van der Waals surface area contributed by atoms with Crippen LogP contribution >= 0.6 is 11.3 Å². The van der Waals surface area contributed by atoms with Crippen LogP contribution in [-0.2, 0) is 10.0 Å². The van der Waals surface area contributed by atoms with Crippen LogP contribution in [-0.4, -0.2) is 36.0 Å². The maximum absolute atomic E-state index is 12.9. The number of hydrazone groups is 1. The average molecular weight is 575 g/mol. The molecule has 0 bridgehead atoms. The summed E-state index contributed by atoms with van der Waals surface area (Å²) in [4.78, 5) is 13.5. The molecule has 1 aliphatic carbocycles. The number of amides is 2. The van der Waals surface area contributed by atoms with E-state index in [-0.39, 0.29) is 17.0 Å². The summed E-state index contributed by atoms with van der Waals surface area (Å²) in [5.74, 6) is 0. The molecule has 1 saturated carbocycles. The van der Waals surface area contributed by atoms with Crippen LogP contribution in [0.2, 0.25) is 0 Å². The molecule has 1 atom stereocenters. The van der Waals surface area contributed by atoms with E-state index in [0.717, 1.165) is 59.6 Å². The molecule has 2 N–H and O–H groups in total. The Bertz CT molecular complexity index is 1590. The minimum atomic E-state index is -4.02. The van der Waals surface area contributed by atoms with Crippen LogP contribution in [0.5, 0.6) is 0 Å². The Balaban J connectivity index is 1.23. The van der Waals surface area contributed by atoms with E-state index in [4.69, 9.17) is 5.10 Å². The number of nitrogens with zero attached hydrogens (tertiary/aromatic N) is 4. The fourth-order valence-electron chi connectivity index (χ4n) is 5.25. The summed E-state index contributed by atoms with van der Waals surface area (Å²) in [7, 11) is -4.02. The topological polar surface area (TPSA) is 109 Å². The van der Waals surface area contributed by atoms with Crippen molar-refractivity contribution < 1.29 is 13.2 Å². The van der Waals surface area contributed by atoms with E-state index < -0.39 is 16.1 Å². The average Bonchev–Trinajstić information content (AvgIpc) is 3.75. The number of anilines is 1. The molecule has 9 nitrogen and oxygen atoms in total. The molecule has 1 fully saturated rings. The molecule has 11 heteroatoms. The highest BCUT2D eigenvalue weighted by molar-refractivity contribution is 7.90. The van der Waals surface area contributed by atoms with Gasteiger partial charge in [-0.15, -0.1) is 11.3 Å². The molecule has 3 heterocycles. The van der Waals surface area contributed by atoms with Gasteiger partial charge in [0, 0.05) is 24.2 Å². The number of hydrogen-bond acceptors (Lipinski definition) is 7. The predicted octanol–water partition coefficient (Wildman–Crippen LogP) is 5.61. The van der Waals surface area contributed by atoms with Gasteiger partial charge in [-0.05, 0) is 60.7 Å². The van der Waals surface area contributed by atoms with E-state index in [2.05, 4.69) is 21.2 Å². The minimum Gasteiger partial charge on any atom is -0.335 e. The normalized spacial score (nSPS) is 17.9. The van der Waals surface area contributed by atoms with Crippen molar-refractivity contribution in [1.29, 1.82) is 0 Å². The molecule has 6 rings (SSSR count). The number of urea groups is 1. The Hall–Kier alpha value is -3.96. The van der Waals surface area contributed by atoms with Crippen LogP contribution in [0.1, 0.15) is 55.0 Å². The molecule has 2 aromatic heterocycles. The molecule has 40 heavy (non-hydrogen) atoms. The highest BCUT2D eigenvalue weighted by Gasteiger charge is 2.32. The number of sulfonamides is 1. The Morgan fingerprint density at radius 3 is 2.42 bits per heavy atom. The Labute approximate surface area is 237 Å². The van der Waals surface area contributed by atoms with Gasteiger partial charge in [0.25, 0.3) is 10.0 Å². The van der Waals surface area contributed by atoms with Gasteiger partial charge in [-0.1, -0.05) is 43.5 Å². The Kier molecular flexibility index (Phi) is 7.40. The summed E-state index contributed by atoms with van der Waals surface area (Å²) < 4.78 is 29.9. The third-order valence-corrected chi connectivity index (χ3v) is 9.57. The number of hydrogen-bond donors (Lipinski definition) is 2. The number of aromatic nitrogens is 2. The number of carbonyl (C=O) groups excluding carboxylic acids is 1. The molecule has 1 unspecified atom stereocenters. The van der Waals surface area contributed by atoms with Crippen LogP contribution in [0.3, 0.4) is 0 Å². The predicted molar refractivity (Wildman–Crippen MR) is 156 cm³/mol. The lowest BCUT2D eigenvalue weighted by Gasteiger charge is -2.23. The van der Waals surface area contributed by atoms with Crippen LogP contribution in [0.4, 0.5) is 10.5 Å². The third-order valence-electron chi connectivity index (χ3n) is 7.30. The van der Waals surface area contributed by atoms with Crippen molar-refractivity contribution in [3.63, 3.8) is 0 Å². The van der Waals surface area contributed by atoms with Crippen molar-refractivity contribution in [1.82, 2.24) is 19.8 Å². The molecular formula is C29H30N6O3S2. The lowest BCUT2D eigenvalue weighted by Crippen LogP contribution is -2.45. The zero-order valence-corrected chi connectivity index (χ0v) is 23.4. The monoisotopic (exact) mass is 574 g/mol. The largest absolute Gasteiger partial charge is 0.335 e. The Morgan fingerprint density at radius 2 is 1.70 bits per heavy atom. The molecule has 2 aromatic carbocycles. The van der Waals surface area contributed by atoms with Crippen LogP contribution in [0.15, 0.2) is 94.5 Å². The first-order chi connectivity index (χ1) is 19.5. The van der Waals surface area contributed by atoms with E-state index in [1.165, 1.54) is 12.1 Å². The SMILES string of the molecule is O=C(NC1CCCCC1)NS(=O)(=O)c1ccc(N2N=C(c3cccs3)CC2c2cnn(-c3ccccc3)c2)cc1. The maximum Gasteiger partial charge on any atom is 0.328 e. The van der Waals surface area contributed by atoms with Gasteiger partial charge in [-0.3, -0.25) is 5.01 Å². The standard InChI is InChI=1S/C29H30N6O3S2/c36-29(31-22-8-3-1-4-9-22)33-40(37,38)25-15-13-24(14-16-25)35-27(18-26(32-35)28-12-7-17-39-28)21-19-30-34(20-21)23-10-5-2-6-11-23/h2,5-7,10-17,19-20,22,27H,1,3-4,8-9,18H2,(H2,31,33,36). The molecule has 206 valence electrons. The molecule has 2 aliphatic rings. The van der Waals surface area contributed by atoms with E-state index in [1.807, 2.05) is 63.9 Å². The van der Waals surface area contributed by atoms with E-state index in [0.29, 0.717) is 6.42 Å².